The third kappa shape index (κ3) is 4.47. The molecule has 1 aliphatic heterocycles. The lowest BCUT2D eigenvalue weighted by molar-refractivity contribution is -0.125. The number of anilines is 1. The van der Waals surface area contributed by atoms with Crippen molar-refractivity contribution in [2.75, 3.05) is 5.32 Å². The predicted molar refractivity (Wildman–Crippen MR) is 136 cm³/mol. The lowest BCUT2D eigenvalue weighted by Crippen LogP contribution is -2.29. The lowest BCUT2D eigenvalue weighted by atomic mass is 10.0. The number of nitrogens with one attached hydrogen (secondary N) is 1. The van der Waals surface area contributed by atoms with Crippen LogP contribution in [0.2, 0.25) is 5.02 Å². The van der Waals surface area contributed by atoms with E-state index in [0.717, 1.165) is 11.3 Å². The van der Waals surface area contributed by atoms with Gasteiger partial charge in [0.05, 0.1) is 27.7 Å². The molecule has 1 unspecified atom stereocenters. The molecule has 1 aromatic carbocycles. The van der Waals surface area contributed by atoms with E-state index in [1.54, 1.807) is 20.2 Å². The molecule has 5 rings (SSSR count). The first-order chi connectivity index (χ1) is 18.0. The van der Waals surface area contributed by atoms with Crippen LogP contribution in [-0.4, -0.2) is 38.4 Å². The number of hydrogen-bond donors (Lipinski definition) is 2. The number of hydrogen-bond acceptors (Lipinski definition) is 7. The topological polar surface area (TPSA) is 124 Å². The largest absolute Gasteiger partial charge is 0.382 e. The Morgan fingerprint density at radius 1 is 1.32 bits per heavy atom. The highest BCUT2D eigenvalue weighted by Crippen LogP contribution is 2.43. The van der Waals surface area contributed by atoms with Gasteiger partial charge in [-0.1, -0.05) is 22.8 Å². The smallest absolute Gasteiger partial charge is 0.280 e. The van der Waals surface area contributed by atoms with Gasteiger partial charge in [-0.3, -0.25) is 14.3 Å². The first-order valence-electron chi connectivity index (χ1n) is 11.1. The lowest BCUT2D eigenvalue weighted by Gasteiger charge is -2.12. The van der Waals surface area contributed by atoms with Gasteiger partial charge >= 0.3 is 0 Å². The fraction of sp³-hybridized carbons (Fsp3) is 0.208. The summed E-state index contributed by atoms with van der Waals surface area (Å²) in [6.07, 6.45) is -2.55. The summed E-state index contributed by atoms with van der Waals surface area (Å²) in [7, 11) is 1.67. The van der Waals surface area contributed by atoms with Crippen LogP contribution in [-0.2, 0) is 16.7 Å². The van der Waals surface area contributed by atoms with Crippen molar-refractivity contribution < 1.29 is 27.6 Å². The minimum atomic E-state index is -2.89. The van der Waals surface area contributed by atoms with E-state index in [0.29, 0.717) is 11.3 Å². The van der Waals surface area contributed by atoms with Gasteiger partial charge in [0.25, 0.3) is 18.2 Å². The highest BCUT2D eigenvalue weighted by Gasteiger charge is 2.33. The molecule has 0 fully saturated rings. The van der Waals surface area contributed by atoms with E-state index in [-0.39, 0.29) is 49.1 Å². The number of halogens is 4. The maximum Gasteiger partial charge on any atom is 0.280 e. The van der Waals surface area contributed by atoms with Crippen LogP contribution in [0.3, 0.4) is 0 Å². The first-order valence-corrected chi connectivity index (χ1v) is 12.3. The second-order valence-electron chi connectivity index (χ2n) is 8.47. The Balaban J connectivity index is 1.56. The number of thiophene rings is 1. The van der Waals surface area contributed by atoms with Crippen molar-refractivity contribution in [3.63, 3.8) is 0 Å². The molecule has 1 aliphatic rings. The summed E-state index contributed by atoms with van der Waals surface area (Å²) in [4.78, 5) is 34.8. The van der Waals surface area contributed by atoms with Crippen molar-refractivity contribution in [3.05, 3.63) is 63.1 Å². The zero-order chi connectivity index (χ0) is 27.3. The average Bonchev–Trinajstić information content (AvgIpc) is 3.56. The van der Waals surface area contributed by atoms with Gasteiger partial charge in [-0.15, -0.1) is 11.3 Å². The molecule has 0 saturated heterocycles. The van der Waals surface area contributed by atoms with E-state index >= 15 is 0 Å². The number of primary amides is 1. The summed E-state index contributed by atoms with van der Waals surface area (Å²) in [5.41, 5.74) is 6.53. The number of rotatable bonds is 6. The number of nitrogens with two attached hydrogens (primary N) is 1. The number of fused-ring (bicyclic) bond motifs is 1. The fourth-order valence-corrected chi connectivity index (χ4v) is 5.53. The van der Waals surface area contributed by atoms with Gasteiger partial charge < -0.3 is 15.9 Å². The van der Waals surface area contributed by atoms with Crippen LogP contribution in [0.4, 0.5) is 18.9 Å². The van der Waals surface area contributed by atoms with E-state index in [2.05, 4.69) is 20.6 Å². The summed E-state index contributed by atoms with van der Waals surface area (Å²) in [5, 5.41) is 11.1. The van der Waals surface area contributed by atoms with Crippen LogP contribution < -0.4 is 11.1 Å². The van der Waals surface area contributed by atoms with Gasteiger partial charge in [0.2, 0.25) is 6.10 Å². The maximum absolute atomic E-state index is 14.3. The minimum absolute atomic E-state index is 0.00459. The number of aromatic nitrogens is 3. The molecule has 4 aromatic rings. The molecule has 0 bridgehead atoms. The van der Waals surface area contributed by atoms with E-state index in [9.17, 15) is 22.8 Å². The van der Waals surface area contributed by atoms with Gasteiger partial charge in [-0.2, -0.15) is 5.10 Å². The molecule has 3 N–H and O–H groups in total. The SMILES string of the molecule is Cc1nn(C)cc1-c1cc(C(F)F)nc2sc(C(N)=O)c(NC(=O)C3CC(c4c(F)cccc4Cl)=NO3)c12. The number of amides is 2. The van der Waals surface area contributed by atoms with Gasteiger partial charge in [0.15, 0.2) is 0 Å². The molecule has 0 saturated carbocycles. The maximum atomic E-state index is 14.3. The second-order valence-corrected chi connectivity index (χ2v) is 9.88. The molecule has 38 heavy (non-hydrogen) atoms. The van der Waals surface area contributed by atoms with Crippen molar-refractivity contribution in [1.82, 2.24) is 14.8 Å². The molecule has 0 radical (unpaired) electrons. The van der Waals surface area contributed by atoms with Gasteiger partial charge in [0, 0.05) is 30.6 Å². The summed E-state index contributed by atoms with van der Waals surface area (Å²) in [6.45, 7) is 1.70. The Hall–Kier alpha value is -3.97. The number of nitrogens with zero attached hydrogens (tertiary/aromatic N) is 4. The molecule has 2 amide bonds. The summed E-state index contributed by atoms with van der Waals surface area (Å²) in [6, 6.07) is 5.31. The minimum Gasteiger partial charge on any atom is -0.382 e. The van der Waals surface area contributed by atoms with Crippen LogP contribution in [0.25, 0.3) is 21.3 Å². The van der Waals surface area contributed by atoms with Gasteiger partial charge in [-0.05, 0) is 30.7 Å². The van der Waals surface area contributed by atoms with E-state index in [1.807, 2.05) is 0 Å². The third-order valence-electron chi connectivity index (χ3n) is 5.89. The predicted octanol–water partition coefficient (Wildman–Crippen LogP) is 4.97. The molecule has 9 nitrogen and oxygen atoms in total. The number of oxime groups is 1. The number of pyridine rings is 1. The van der Waals surface area contributed by atoms with Crippen molar-refractivity contribution >= 4 is 56.4 Å². The normalized spacial score (nSPS) is 15.1. The Kier molecular flexibility index (Phi) is 6.57. The van der Waals surface area contributed by atoms with E-state index in [1.165, 1.54) is 28.9 Å². The zero-order valence-corrected chi connectivity index (χ0v) is 21.3. The molecule has 14 heteroatoms. The molecule has 3 aromatic heterocycles. The Bertz CT molecular complexity index is 1630. The van der Waals surface area contributed by atoms with Crippen molar-refractivity contribution in [2.24, 2.45) is 17.9 Å². The second kappa shape index (κ2) is 9.72. The summed E-state index contributed by atoms with van der Waals surface area (Å²) in [5.74, 6) is -2.23. The number of carbonyl (C=O) groups excluding carboxylic acids is 2. The monoisotopic (exact) mass is 562 g/mol. The van der Waals surface area contributed by atoms with E-state index < -0.39 is 35.9 Å². The van der Waals surface area contributed by atoms with Crippen LogP contribution in [0.15, 0.2) is 35.6 Å². The molecular formula is C24H18ClF3N6O3S. The molecule has 196 valence electrons. The molecule has 0 aliphatic carbocycles. The van der Waals surface area contributed by atoms with E-state index in [4.69, 9.17) is 22.2 Å². The van der Waals surface area contributed by atoms with Crippen LogP contribution in [0.1, 0.15) is 39.5 Å². The Labute approximate surface area is 222 Å². The number of benzene rings is 1. The number of aryl methyl sites for hydroxylation is 2. The van der Waals surface area contributed by atoms with Crippen LogP contribution >= 0.6 is 22.9 Å². The quantitative estimate of drug-likeness (QED) is 0.343. The molecule has 1 atom stereocenters. The molecular weight excluding hydrogens is 545 g/mol. The summed E-state index contributed by atoms with van der Waals surface area (Å²) >= 11 is 6.88. The third-order valence-corrected chi connectivity index (χ3v) is 7.31. The zero-order valence-electron chi connectivity index (χ0n) is 19.8. The Morgan fingerprint density at radius 2 is 2.08 bits per heavy atom. The molecule has 4 heterocycles. The fourth-order valence-electron chi connectivity index (χ4n) is 4.24. The Morgan fingerprint density at radius 3 is 2.71 bits per heavy atom. The van der Waals surface area contributed by atoms with Gasteiger partial charge in [0.1, 0.15) is 21.2 Å². The first kappa shape index (κ1) is 25.7. The van der Waals surface area contributed by atoms with Crippen molar-refractivity contribution in [2.45, 2.75) is 25.9 Å². The van der Waals surface area contributed by atoms with Crippen LogP contribution in [0.5, 0.6) is 0 Å². The average molecular weight is 563 g/mol. The highest BCUT2D eigenvalue weighted by molar-refractivity contribution is 7.21. The summed E-state index contributed by atoms with van der Waals surface area (Å²) < 4.78 is 43.3. The van der Waals surface area contributed by atoms with Crippen molar-refractivity contribution in [3.8, 4) is 11.1 Å². The molecule has 0 spiro atoms. The van der Waals surface area contributed by atoms with Gasteiger partial charge in [-0.25, -0.2) is 18.2 Å². The standard InChI is InChI=1S/C24H18ClF3N6O3S/c1-9-11(8-34(2)32-9)10-6-15(21(27)28)30-24-17(10)19(20(38-24)22(29)35)31-23(36)16-7-14(33-37-16)18-12(25)4-3-5-13(18)26/h3-6,8,16,21H,7H2,1-2H3,(H2,29,35)(H,31,36). The van der Waals surface area contributed by atoms with Crippen molar-refractivity contribution in [1.29, 1.82) is 0 Å². The number of alkyl halides is 2. The highest BCUT2D eigenvalue weighted by atomic mass is 35.5. The number of carbonyl (C=O) groups is 2. The van der Waals surface area contributed by atoms with Crippen LogP contribution in [0, 0.1) is 12.7 Å².